The van der Waals surface area contributed by atoms with Gasteiger partial charge in [0, 0.05) is 41.3 Å². The van der Waals surface area contributed by atoms with Crippen LogP contribution in [-0.2, 0) is 0 Å². The van der Waals surface area contributed by atoms with Crippen molar-refractivity contribution in [2.75, 3.05) is 0 Å². The molecule has 1 unspecified atom stereocenters. The zero-order valence-electron chi connectivity index (χ0n) is 22.5. The molecular weight excluding hydrogens is 419 g/mol. The molecule has 0 aromatic rings. The summed E-state index contributed by atoms with van der Waals surface area (Å²) in [7, 11) is 0.0247. The summed E-state index contributed by atoms with van der Waals surface area (Å²) in [5, 5.41) is 0. The Bertz CT molecular complexity index is 773. The van der Waals surface area contributed by atoms with Gasteiger partial charge in [-0.2, -0.15) is 0 Å². The lowest BCUT2D eigenvalue weighted by Crippen LogP contribution is -2.34. The van der Waals surface area contributed by atoms with Crippen LogP contribution in [0, 0.1) is 5.41 Å². The van der Waals surface area contributed by atoms with Gasteiger partial charge in [0.15, 0.2) is 0 Å². The first-order valence-electron chi connectivity index (χ1n) is 13.9. The molecule has 4 rings (SSSR count). The molecule has 3 heteroatoms. The van der Waals surface area contributed by atoms with Crippen molar-refractivity contribution in [1.29, 1.82) is 0 Å². The zero-order chi connectivity index (χ0) is 23.8. The van der Waals surface area contributed by atoms with Crippen molar-refractivity contribution in [3.63, 3.8) is 0 Å². The van der Waals surface area contributed by atoms with Gasteiger partial charge in [-0.3, -0.25) is 0 Å². The highest BCUT2D eigenvalue weighted by atomic mass is 31.1. The fourth-order valence-electron chi connectivity index (χ4n) is 6.54. The topological polar surface area (TPSA) is 6.48 Å². The van der Waals surface area contributed by atoms with Crippen LogP contribution in [-0.4, -0.2) is 38.9 Å². The Balaban J connectivity index is 1.87. The summed E-state index contributed by atoms with van der Waals surface area (Å²) in [6.07, 6.45) is 21.5. The van der Waals surface area contributed by atoms with E-state index in [0.29, 0.717) is 12.1 Å². The normalized spacial score (nSPS) is 25.2. The molecule has 184 valence electrons. The fourth-order valence-corrected chi connectivity index (χ4v) is 11.1. The maximum atomic E-state index is 3.90. The molecule has 0 saturated heterocycles. The van der Waals surface area contributed by atoms with Crippen LogP contribution in [0.2, 0.25) is 0 Å². The molecule has 4 aliphatic rings. The summed E-state index contributed by atoms with van der Waals surface area (Å²) in [6, 6.07) is 0.955. The van der Waals surface area contributed by atoms with E-state index >= 15 is 0 Å². The Morgan fingerprint density at radius 1 is 0.848 bits per heavy atom. The Hall–Kier alpha value is -0.970. The molecule has 1 heterocycles. The fraction of sp³-hybridized carbons (Fsp3) is 0.767. The highest BCUT2D eigenvalue weighted by Crippen LogP contribution is 2.65. The summed E-state index contributed by atoms with van der Waals surface area (Å²) >= 11 is 0. The van der Waals surface area contributed by atoms with Crippen molar-refractivity contribution in [3.8, 4) is 0 Å². The van der Waals surface area contributed by atoms with E-state index in [-0.39, 0.29) is 13.3 Å². The maximum absolute atomic E-state index is 3.90. The molecule has 1 aliphatic heterocycles. The van der Waals surface area contributed by atoms with E-state index in [9.17, 15) is 0 Å². The number of nitrogens with zero attached hydrogens (tertiary/aromatic N) is 2. The van der Waals surface area contributed by atoms with Crippen LogP contribution in [0.1, 0.15) is 113 Å². The third-order valence-corrected chi connectivity index (χ3v) is 12.0. The van der Waals surface area contributed by atoms with Crippen molar-refractivity contribution >= 4 is 7.92 Å². The number of allylic oxidation sites excluding steroid dienone is 2. The summed E-state index contributed by atoms with van der Waals surface area (Å²) in [4.78, 5) is 5.15. The molecule has 0 amide bonds. The van der Waals surface area contributed by atoms with Crippen LogP contribution >= 0.6 is 7.92 Å². The molecule has 0 radical (unpaired) electrons. The summed E-state index contributed by atoms with van der Waals surface area (Å²) in [6.45, 7) is 16.3. The third-order valence-electron chi connectivity index (χ3n) is 8.09. The van der Waals surface area contributed by atoms with Crippen molar-refractivity contribution in [3.05, 3.63) is 41.2 Å². The van der Waals surface area contributed by atoms with Crippen molar-refractivity contribution in [2.24, 2.45) is 5.41 Å². The van der Waals surface area contributed by atoms with Crippen molar-refractivity contribution < 1.29 is 0 Å². The predicted octanol–water partition coefficient (Wildman–Crippen LogP) is 8.76. The van der Waals surface area contributed by atoms with Crippen LogP contribution < -0.4 is 0 Å². The second-order valence-electron chi connectivity index (χ2n) is 12.5. The minimum absolute atomic E-state index is 0.0247. The molecule has 0 bridgehead atoms. The van der Waals surface area contributed by atoms with Gasteiger partial charge in [-0.1, -0.05) is 54.4 Å². The van der Waals surface area contributed by atoms with E-state index in [1.54, 1.807) is 5.57 Å². The highest BCUT2D eigenvalue weighted by Gasteiger charge is 2.45. The standard InChI is InChI=1S/C30H49N2P/c1-22(2)31-20-21-32(23(3)4)29(31)28-24(18-19-30(5,6)7)16-17-27(28)33(25-12-8-9-13-25)26-14-10-11-15-26/h19-23,25-27H,8-17H2,1-7H3. The minimum atomic E-state index is 0.0247. The molecule has 2 nitrogen and oxygen atoms in total. The van der Waals surface area contributed by atoms with Crippen LogP contribution in [0.15, 0.2) is 41.2 Å². The van der Waals surface area contributed by atoms with Crippen molar-refractivity contribution in [1.82, 2.24) is 9.80 Å². The molecule has 1 atom stereocenters. The van der Waals surface area contributed by atoms with E-state index in [4.69, 9.17) is 0 Å². The Morgan fingerprint density at radius 3 is 1.76 bits per heavy atom. The molecule has 0 aromatic carbocycles. The zero-order valence-corrected chi connectivity index (χ0v) is 23.4. The lowest BCUT2D eigenvalue weighted by atomic mass is 9.96. The van der Waals surface area contributed by atoms with Crippen LogP contribution in [0.5, 0.6) is 0 Å². The van der Waals surface area contributed by atoms with Crippen LogP contribution in [0.3, 0.4) is 0 Å². The summed E-state index contributed by atoms with van der Waals surface area (Å²) < 4.78 is 0. The maximum Gasteiger partial charge on any atom is 0.117 e. The van der Waals surface area contributed by atoms with E-state index in [2.05, 4.69) is 82.5 Å². The van der Waals surface area contributed by atoms with Gasteiger partial charge in [0.1, 0.15) is 5.82 Å². The lowest BCUT2D eigenvalue weighted by molar-refractivity contribution is 0.280. The molecule has 3 aliphatic carbocycles. The Kier molecular flexibility index (Phi) is 7.87. The monoisotopic (exact) mass is 468 g/mol. The highest BCUT2D eigenvalue weighted by molar-refractivity contribution is 7.60. The number of hydrogen-bond donors (Lipinski definition) is 0. The second-order valence-corrected chi connectivity index (χ2v) is 15.5. The molecule has 0 spiro atoms. The van der Waals surface area contributed by atoms with Crippen molar-refractivity contribution in [2.45, 2.75) is 142 Å². The third kappa shape index (κ3) is 5.49. The first-order valence-corrected chi connectivity index (χ1v) is 15.5. The van der Waals surface area contributed by atoms with E-state index in [1.807, 2.05) is 0 Å². The summed E-state index contributed by atoms with van der Waals surface area (Å²) in [5.41, 5.74) is 10.0. The average molecular weight is 469 g/mol. The molecular formula is C30H49N2P. The average Bonchev–Trinajstić information content (AvgIpc) is 3.52. The van der Waals surface area contributed by atoms with Gasteiger partial charge >= 0.3 is 0 Å². The largest absolute Gasteiger partial charge is 0.330 e. The van der Waals surface area contributed by atoms with E-state index in [1.165, 1.54) is 75.6 Å². The second kappa shape index (κ2) is 10.3. The Morgan fingerprint density at radius 2 is 1.33 bits per heavy atom. The van der Waals surface area contributed by atoms with Gasteiger partial charge in [0.25, 0.3) is 0 Å². The Labute approximate surface area is 206 Å². The van der Waals surface area contributed by atoms with Gasteiger partial charge < -0.3 is 9.80 Å². The smallest absolute Gasteiger partial charge is 0.117 e. The predicted molar refractivity (Wildman–Crippen MR) is 146 cm³/mol. The molecule has 0 aromatic heterocycles. The molecule has 3 saturated carbocycles. The first kappa shape index (κ1) is 25.1. The van der Waals surface area contributed by atoms with E-state index in [0.717, 1.165) is 17.0 Å². The van der Waals surface area contributed by atoms with E-state index < -0.39 is 0 Å². The van der Waals surface area contributed by atoms with Crippen LogP contribution in [0.4, 0.5) is 0 Å². The quantitative estimate of drug-likeness (QED) is 0.294. The minimum Gasteiger partial charge on any atom is -0.330 e. The van der Waals surface area contributed by atoms with Crippen LogP contribution in [0.25, 0.3) is 0 Å². The van der Waals surface area contributed by atoms with Gasteiger partial charge in [-0.05, 0) is 89.0 Å². The van der Waals surface area contributed by atoms with Gasteiger partial charge in [0.2, 0.25) is 0 Å². The van der Waals surface area contributed by atoms with Gasteiger partial charge in [-0.15, -0.1) is 5.73 Å². The lowest BCUT2D eigenvalue weighted by Gasteiger charge is -2.39. The molecule has 33 heavy (non-hydrogen) atoms. The molecule has 3 fully saturated rings. The molecule has 0 N–H and O–H groups in total. The number of rotatable bonds is 5. The first-order chi connectivity index (χ1) is 15.7. The van der Waals surface area contributed by atoms with Gasteiger partial charge in [-0.25, -0.2) is 0 Å². The van der Waals surface area contributed by atoms with Gasteiger partial charge in [0.05, 0.1) is 0 Å². The number of hydrogen-bond acceptors (Lipinski definition) is 2. The SMILES string of the molecule is CC(C)N1C=CN(C(C)C)C1=C1C(=C=CC(C)(C)C)CCC1P(C1CCCC1)C1CCCC1. The summed E-state index contributed by atoms with van der Waals surface area (Å²) in [5.74, 6) is 1.50.